The maximum Gasteiger partial charge on any atom is 0.253 e. The monoisotopic (exact) mass is 287 g/mol. The van der Waals surface area contributed by atoms with Gasteiger partial charge in [0.2, 0.25) is 5.91 Å². The quantitative estimate of drug-likeness (QED) is 0.587. The number of nitrogens with one attached hydrogen (secondary N) is 2. The summed E-state index contributed by atoms with van der Waals surface area (Å²) in [5.41, 5.74) is 1.16. The molecule has 0 saturated heterocycles. The highest BCUT2D eigenvalue weighted by Gasteiger charge is 2.13. The summed E-state index contributed by atoms with van der Waals surface area (Å²) in [5, 5.41) is 5.54. The van der Waals surface area contributed by atoms with Crippen molar-refractivity contribution in [3.8, 4) is 12.3 Å². The van der Waals surface area contributed by atoms with E-state index in [0.717, 1.165) is 0 Å². The van der Waals surface area contributed by atoms with Crippen LogP contribution >= 0.6 is 0 Å². The standard InChI is InChI=1S/C16H21N3O2/c1-4-10-17-12-15(20)18-14-9-7-8-13(11-14)16(21)19(5-2)6-3/h1,7-9,11,17H,5-6,10,12H2,2-3H3,(H,18,20). The normalized spacial score (nSPS) is 9.76. The molecule has 112 valence electrons. The maximum absolute atomic E-state index is 12.2. The molecule has 0 bridgehead atoms. The molecule has 0 saturated carbocycles. The molecule has 1 rings (SSSR count). The Hall–Kier alpha value is -2.32. The summed E-state index contributed by atoms with van der Waals surface area (Å²) < 4.78 is 0. The molecule has 0 unspecified atom stereocenters. The van der Waals surface area contributed by atoms with Crippen LogP contribution in [-0.2, 0) is 4.79 Å². The minimum Gasteiger partial charge on any atom is -0.339 e. The van der Waals surface area contributed by atoms with Gasteiger partial charge in [0.05, 0.1) is 13.1 Å². The molecule has 0 radical (unpaired) electrons. The number of amides is 2. The lowest BCUT2D eigenvalue weighted by Gasteiger charge is -2.19. The highest BCUT2D eigenvalue weighted by Crippen LogP contribution is 2.12. The molecule has 0 fully saturated rings. The molecule has 0 spiro atoms. The summed E-state index contributed by atoms with van der Waals surface area (Å²) in [6.07, 6.45) is 5.09. The molecular formula is C16H21N3O2. The van der Waals surface area contributed by atoms with Crippen LogP contribution in [-0.4, -0.2) is 42.9 Å². The van der Waals surface area contributed by atoms with E-state index in [1.54, 1.807) is 29.2 Å². The third-order valence-electron chi connectivity index (χ3n) is 2.96. The first-order valence-electron chi connectivity index (χ1n) is 6.95. The fraction of sp³-hybridized carbons (Fsp3) is 0.375. The number of benzene rings is 1. The van der Waals surface area contributed by atoms with Gasteiger partial charge in [-0.05, 0) is 32.0 Å². The zero-order valence-corrected chi connectivity index (χ0v) is 12.5. The number of anilines is 1. The van der Waals surface area contributed by atoms with Gasteiger partial charge in [0.1, 0.15) is 0 Å². The molecule has 2 N–H and O–H groups in total. The van der Waals surface area contributed by atoms with Crippen molar-refractivity contribution in [2.45, 2.75) is 13.8 Å². The lowest BCUT2D eigenvalue weighted by molar-refractivity contribution is -0.115. The number of nitrogens with zero attached hydrogens (tertiary/aromatic N) is 1. The number of terminal acetylenes is 1. The van der Waals surface area contributed by atoms with E-state index in [9.17, 15) is 9.59 Å². The number of rotatable bonds is 7. The molecule has 0 atom stereocenters. The molecule has 2 amide bonds. The highest BCUT2D eigenvalue weighted by molar-refractivity contribution is 5.97. The zero-order valence-electron chi connectivity index (χ0n) is 12.5. The van der Waals surface area contributed by atoms with Gasteiger partial charge in [0.15, 0.2) is 0 Å². The first kappa shape index (κ1) is 16.7. The van der Waals surface area contributed by atoms with Crippen LogP contribution in [0.25, 0.3) is 0 Å². The second kappa shape index (κ2) is 8.77. The molecule has 1 aromatic rings. The van der Waals surface area contributed by atoms with E-state index in [2.05, 4.69) is 16.6 Å². The van der Waals surface area contributed by atoms with Gasteiger partial charge in [0.25, 0.3) is 5.91 Å². The predicted octanol–water partition coefficient (Wildman–Crippen LogP) is 1.33. The van der Waals surface area contributed by atoms with E-state index in [1.165, 1.54) is 0 Å². The van der Waals surface area contributed by atoms with Crippen molar-refractivity contribution < 1.29 is 9.59 Å². The first-order chi connectivity index (χ1) is 10.1. The Bertz CT molecular complexity index is 531. The minimum atomic E-state index is -0.197. The Morgan fingerprint density at radius 2 is 2.00 bits per heavy atom. The summed E-state index contributed by atoms with van der Waals surface area (Å²) in [7, 11) is 0. The van der Waals surface area contributed by atoms with E-state index in [1.807, 2.05) is 13.8 Å². The average Bonchev–Trinajstić information content (AvgIpc) is 2.49. The maximum atomic E-state index is 12.2. The summed E-state index contributed by atoms with van der Waals surface area (Å²) in [5.74, 6) is 2.16. The summed E-state index contributed by atoms with van der Waals surface area (Å²) in [6.45, 7) is 5.66. The number of carbonyl (C=O) groups excluding carboxylic acids is 2. The predicted molar refractivity (Wildman–Crippen MR) is 84.0 cm³/mol. The van der Waals surface area contributed by atoms with Crippen molar-refractivity contribution >= 4 is 17.5 Å². The van der Waals surface area contributed by atoms with Crippen molar-refractivity contribution in [1.82, 2.24) is 10.2 Å². The fourth-order valence-electron chi connectivity index (χ4n) is 1.88. The molecule has 1 aromatic carbocycles. The van der Waals surface area contributed by atoms with Crippen LogP contribution in [0.3, 0.4) is 0 Å². The first-order valence-corrected chi connectivity index (χ1v) is 6.95. The summed E-state index contributed by atoms with van der Waals surface area (Å²) in [4.78, 5) is 25.6. The number of hydrogen-bond donors (Lipinski definition) is 2. The molecule has 5 heteroatoms. The molecular weight excluding hydrogens is 266 g/mol. The average molecular weight is 287 g/mol. The van der Waals surface area contributed by atoms with Gasteiger partial charge in [0, 0.05) is 24.3 Å². The van der Waals surface area contributed by atoms with Crippen LogP contribution in [0.1, 0.15) is 24.2 Å². The Labute approximate surface area is 125 Å². The summed E-state index contributed by atoms with van der Waals surface area (Å²) in [6, 6.07) is 6.92. The lowest BCUT2D eigenvalue weighted by atomic mass is 10.1. The van der Waals surface area contributed by atoms with Crippen LogP contribution < -0.4 is 10.6 Å². The van der Waals surface area contributed by atoms with Gasteiger partial charge < -0.3 is 10.2 Å². The van der Waals surface area contributed by atoms with Gasteiger partial charge in [-0.1, -0.05) is 12.0 Å². The van der Waals surface area contributed by atoms with Crippen molar-refractivity contribution in [2.24, 2.45) is 0 Å². The smallest absolute Gasteiger partial charge is 0.253 e. The molecule has 0 heterocycles. The van der Waals surface area contributed by atoms with Gasteiger partial charge >= 0.3 is 0 Å². The van der Waals surface area contributed by atoms with E-state index < -0.39 is 0 Å². The third-order valence-corrected chi connectivity index (χ3v) is 2.96. The topological polar surface area (TPSA) is 61.4 Å². The van der Waals surface area contributed by atoms with Gasteiger partial charge in [-0.3, -0.25) is 14.9 Å². The van der Waals surface area contributed by atoms with Crippen LogP contribution in [0.2, 0.25) is 0 Å². The van der Waals surface area contributed by atoms with Crippen LogP contribution in [0.4, 0.5) is 5.69 Å². The van der Waals surface area contributed by atoms with Gasteiger partial charge in [-0.15, -0.1) is 6.42 Å². The van der Waals surface area contributed by atoms with E-state index in [-0.39, 0.29) is 18.4 Å². The highest BCUT2D eigenvalue weighted by atomic mass is 16.2. The molecule has 21 heavy (non-hydrogen) atoms. The van der Waals surface area contributed by atoms with Gasteiger partial charge in [-0.25, -0.2) is 0 Å². The second-order valence-corrected chi connectivity index (χ2v) is 4.41. The van der Waals surface area contributed by atoms with Crippen molar-refractivity contribution in [3.63, 3.8) is 0 Å². The van der Waals surface area contributed by atoms with Crippen molar-refractivity contribution in [1.29, 1.82) is 0 Å². The van der Waals surface area contributed by atoms with Crippen LogP contribution in [0.5, 0.6) is 0 Å². The zero-order chi connectivity index (χ0) is 15.7. The van der Waals surface area contributed by atoms with E-state index in [0.29, 0.717) is 30.9 Å². The van der Waals surface area contributed by atoms with Crippen molar-refractivity contribution in [3.05, 3.63) is 29.8 Å². The van der Waals surface area contributed by atoms with E-state index in [4.69, 9.17) is 6.42 Å². The largest absolute Gasteiger partial charge is 0.339 e. The summed E-state index contributed by atoms with van der Waals surface area (Å²) >= 11 is 0. The second-order valence-electron chi connectivity index (χ2n) is 4.41. The lowest BCUT2D eigenvalue weighted by Crippen LogP contribution is -2.31. The minimum absolute atomic E-state index is 0.0402. The molecule has 0 aliphatic heterocycles. The van der Waals surface area contributed by atoms with E-state index >= 15 is 0 Å². The Morgan fingerprint density at radius 3 is 2.62 bits per heavy atom. The third kappa shape index (κ3) is 5.28. The van der Waals surface area contributed by atoms with Crippen LogP contribution in [0, 0.1) is 12.3 Å². The molecule has 0 aromatic heterocycles. The van der Waals surface area contributed by atoms with Crippen molar-refractivity contribution in [2.75, 3.05) is 31.5 Å². The van der Waals surface area contributed by atoms with Gasteiger partial charge in [-0.2, -0.15) is 0 Å². The Morgan fingerprint density at radius 1 is 1.29 bits per heavy atom. The number of carbonyl (C=O) groups is 2. The van der Waals surface area contributed by atoms with Crippen LogP contribution in [0.15, 0.2) is 24.3 Å². The molecule has 0 aliphatic rings. The Kier molecular flexibility index (Phi) is 6.99. The SMILES string of the molecule is C#CCNCC(=O)Nc1cccc(C(=O)N(CC)CC)c1. The molecule has 5 nitrogen and oxygen atoms in total. The fourth-order valence-corrected chi connectivity index (χ4v) is 1.88. The Balaban J connectivity index is 2.70. The number of hydrogen-bond acceptors (Lipinski definition) is 3. The molecule has 0 aliphatic carbocycles.